The number of halogens is 1. The van der Waals surface area contributed by atoms with Gasteiger partial charge in [-0.1, -0.05) is 17.7 Å². The largest absolute Gasteiger partial charge is 0.392 e. The van der Waals surface area contributed by atoms with Crippen LogP contribution >= 0.6 is 24.2 Å². The highest BCUT2D eigenvalue weighted by Gasteiger charge is 2.18. The molecule has 0 aliphatic rings. The number of benzene rings is 1. The normalized spacial score (nSPS) is 14.8. The van der Waals surface area contributed by atoms with E-state index in [1.807, 2.05) is 0 Å². The molecule has 3 nitrogen and oxygen atoms in total. The highest BCUT2D eigenvalue weighted by Crippen LogP contribution is 2.24. The lowest BCUT2D eigenvalue weighted by Gasteiger charge is -2.18. The van der Waals surface area contributed by atoms with Gasteiger partial charge in [0.15, 0.2) is 0 Å². The van der Waals surface area contributed by atoms with Crippen molar-refractivity contribution in [2.24, 2.45) is 0 Å². The monoisotopic (exact) mass is 262 g/mol. The quantitative estimate of drug-likeness (QED) is 0.609. The molecule has 0 aliphatic heterocycles. The second-order valence-electron chi connectivity index (χ2n) is 3.53. The maximum Gasteiger partial charge on any atom is 0.105 e. The summed E-state index contributed by atoms with van der Waals surface area (Å²) in [4.78, 5) is 0. The summed E-state index contributed by atoms with van der Waals surface area (Å²) in [6, 6.07) is 4.82. The number of hydrogen-bond acceptors (Lipinski definition) is 4. The van der Waals surface area contributed by atoms with Gasteiger partial charge in [0.25, 0.3) is 0 Å². The summed E-state index contributed by atoms with van der Waals surface area (Å²) in [6.45, 7) is -0.192. The zero-order chi connectivity index (χ0) is 12.1. The third-order valence-electron chi connectivity index (χ3n) is 2.37. The first-order valence-corrected chi connectivity index (χ1v) is 5.97. The van der Waals surface area contributed by atoms with Crippen molar-refractivity contribution < 1.29 is 15.3 Å². The van der Waals surface area contributed by atoms with E-state index in [4.69, 9.17) is 16.7 Å². The molecule has 0 spiro atoms. The molecule has 0 radical (unpaired) electrons. The summed E-state index contributed by atoms with van der Waals surface area (Å²) in [5.41, 5.74) is 1.08. The Labute approximate surface area is 105 Å². The highest BCUT2D eigenvalue weighted by molar-refractivity contribution is 7.80. The fourth-order valence-corrected chi connectivity index (χ4v) is 1.85. The molecule has 90 valence electrons. The van der Waals surface area contributed by atoms with Crippen LogP contribution < -0.4 is 0 Å². The van der Waals surface area contributed by atoms with Crippen LogP contribution in [0.2, 0.25) is 5.02 Å². The molecule has 2 atom stereocenters. The number of aliphatic hydroxyl groups is 3. The Hall–Kier alpha value is -0.260. The van der Waals surface area contributed by atoms with Crippen LogP contribution in [0, 0.1) is 0 Å². The lowest BCUT2D eigenvalue weighted by atomic mass is 10.0. The van der Waals surface area contributed by atoms with Crippen LogP contribution in [0.25, 0.3) is 0 Å². The van der Waals surface area contributed by atoms with Crippen molar-refractivity contribution in [1.82, 2.24) is 0 Å². The van der Waals surface area contributed by atoms with Gasteiger partial charge < -0.3 is 15.3 Å². The summed E-state index contributed by atoms with van der Waals surface area (Å²) in [6.07, 6.45) is -1.43. The van der Waals surface area contributed by atoms with Crippen molar-refractivity contribution in [3.63, 3.8) is 0 Å². The lowest BCUT2D eigenvalue weighted by molar-refractivity contribution is 0.0171. The van der Waals surface area contributed by atoms with Crippen LogP contribution in [0.4, 0.5) is 0 Å². The molecule has 0 saturated carbocycles. The lowest BCUT2D eigenvalue weighted by Crippen LogP contribution is -2.18. The fraction of sp³-hybridized carbons (Fsp3) is 0.455. The molecule has 0 heterocycles. The summed E-state index contributed by atoms with van der Waals surface area (Å²) >= 11 is 9.82. The molecule has 0 bridgehead atoms. The third-order valence-corrected chi connectivity index (χ3v) is 3.00. The van der Waals surface area contributed by atoms with Gasteiger partial charge in [-0.2, -0.15) is 12.6 Å². The first kappa shape index (κ1) is 13.8. The predicted octanol–water partition coefficient (Wildman–Crippen LogP) is 1.55. The Morgan fingerprint density at radius 2 is 2.00 bits per heavy atom. The minimum Gasteiger partial charge on any atom is -0.392 e. The van der Waals surface area contributed by atoms with Gasteiger partial charge in [-0.15, -0.1) is 0 Å². The summed E-state index contributed by atoms with van der Waals surface area (Å²) in [5.74, 6) is 0.499. The molecule has 2 unspecified atom stereocenters. The van der Waals surface area contributed by atoms with E-state index in [0.717, 1.165) is 0 Å². The summed E-state index contributed by atoms with van der Waals surface area (Å²) in [5, 5.41) is 28.9. The maximum atomic E-state index is 9.82. The first-order valence-electron chi connectivity index (χ1n) is 4.96. The van der Waals surface area contributed by atoms with E-state index in [1.54, 1.807) is 18.2 Å². The topological polar surface area (TPSA) is 60.7 Å². The maximum absolute atomic E-state index is 9.82. The minimum atomic E-state index is -0.977. The van der Waals surface area contributed by atoms with Gasteiger partial charge in [-0.3, -0.25) is 0 Å². The van der Waals surface area contributed by atoms with Crippen LogP contribution in [0.3, 0.4) is 0 Å². The number of hydrogen-bond donors (Lipinski definition) is 4. The Kier molecular flexibility index (Phi) is 5.58. The van der Waals surface area contributed by atoms with Crippen LogP contribution in [0.1, 0.15) is 23.7 Å². The van der Waals surface area contributed by atoms with Crippen molar-refractivity contribution in [2.45, 2.75) is 25.2 Å². The van der Waals surface area contributed by atoms with E-state index in [-0.39, 0.29) is 6.61 Å². The van der Waals surface area contributed by atoms with Gasteiger partial charge in [0, 0.05) is 5.02 Å². The molecule has 1 aromatic carbocycles. The molecule has 0 amide bonds. The molecule has 0 aromatic heterocycles. The second-order valence-corrected chi connectivity index (χ2v) is 4.39. The molecule has 1 rings (SSSR count). The summed E-state index contributed by atoms with van der Waals surface area (Å²) < 4.78 is 0. The Morgan fingerprint density at radius 1 is 1.31 bits per heavy atom. The molecule has 3 N–H and O–H groups in total. The molecular formula is C11H15ClO3S. The Morgan fingerprint density at radius 3 is 2.56 bits per heavy atom. The fourth-order valence-electron chi connectivity index (χ4n) is 1.41. The van der Waals surface area contributed by atoms with Crippen LogP contribution in [0.5, 0.6) is 0 Å². The first-order chi connectivity index (χ1) is 7.60. The zero-order valence-electron chi connectivity index (χ0n) is 8.67. The molecule has 16 heavy (non-hydrogen) atoms. The molecule has 1 aromatic rings. The van der Waals surface area contributed by atoms with Crippen LogP contribution in [0.15, 0.2) is 18.2 Å². The van der Waals surface area contributed by atoms with Gasteiger partial charge in [0.1, 0.15) is 6.10 Å². The smallest absolute Gasteiger partial charge is 0.105 e. The van der Waals surface area contributed by atoms with E-state index in [2.05, 4.69) is 12.6 Å². The average molecular weight is 263 g/mol. The second kappa shape index (κ2) is 6.47. The van der Waals surface area contributed by atoms with Crippen molar-refractivity contribution in [3.05, 3.63) is 34.3 Å². The SMILES string of the molecule is OCc1cc(C(O)C(O)CCS)ccc1Cl. The van der Waals surface area contributed by atoms with Crippen molar-refractivity contribution in [2.75, 3.05) is 5.75 Å². The van der Waals surface area contributed by atoms with Crippen molar-refractivity contribution >= 4 is 24.2 Å². The number of thiol groups is 1. The van der Waals surface area contributed by atoms with Gasteiger partial charge in [0.05, 0.1) is 12.7 Å². The highest BCUT2D eigenvalue weighted by atomic mass is 35.5. The standard InChI is InChI=1S/C11H15ClO3S/c12-9-2-1-7(5-8(9)6-13)11(15)10(14)3-4-16/h1-2,5,10-11,13-16H,3-4,6H2. The zero-order valence-corrected chi connectivity index (χ0v) is 10.3. The molecular weight excluding hydrogens is 248 g/mol. The van der Waals surface area contributed by atoms with Crippen molar-refractivity contribution in [3.8, 4) is 0 Å². The third kappa shape index (κ3) is 3.37. The van der Waals surface area contributed by atoms with Gasteiger partial charge in [0.2, 0.25) is 0 Å². The summed E-state index contributed by atoms with van der Waals surface area (Å²) in [7, 11) is 0. The number of rotatable bonds is 5. The van der Waals surface area contributed by atoms with Gasteiger partial charge in [-0.05, 0) is 35.4 Å². The van der Waals surface area contributed by atoms with Crippen LogP contribution in [-0.4, -0.2) is 27.2 Å². The average Bonchev–Trinajstić information content (AvgIpc) is 2.29. The number of aliphatic hydroxyl groups excluding tert-OH is 3. The predicted molar refractivity (Wildman–Crippen MR) is 66.8 cm³/mol. The Balaban J connectivity index is 2.87. The van der Waals surface area contributed by atoms with E-state index in [0.29, 0.717) is 28.3 Å². The Bertz CT molecular complexity index is 346. The van der Waals surface area contributed by atoms with E-state index in [1.165, 1.54) is 0 Å². The van der Waals surface area contributed by atoms with Crippen molar-refractivity contribution in [1.29, 1.82) is 0 Å². The van der Waals surface area contributed by atoms with E-state index in [9.17, 15) is 10.2 Å². The van der Waals surface area contributed by atoms with Gasteiger partial charge >= 0.3 is 0 Å². The molecule has 0 saturated heterocycles. The van der Waals surface area contributed by atoms with E-state index < -0.39 is 12.2 Å². The van der Waals surface area contributed by atoms with Gasteiger partial charge in [-0.25, -0.2) is 0 Å². The molecule has 5 heteroatoms. The molecule has 0 aliphatic carbocycles. The minimum absolute atomic E-state index is 0.192. The molecule has 0 fully saturated rings. The van der Waals surface area contributed by atoms with Crippen LogP contribution in [-0.2, 0) is 6.61 Å². The van der Waals surface area contributed by atoms with E-state index >= 15 is 0 Å².